The van der Waals surface area contributed by atoms with Gasteiger partial charge in [-0.05, 0) is 50.0 Å². The number of rotatable bonds is 0. The van der Waals surface area contributed by atoms with Gasteiger partial charge >= 0.3 is 0 Å². The van der Waals surface area contributed by atoms with Crippen LogP contribution in [-0.2, 0) is 9.59 Å². The molecule has 6 atom stereocenters. The Kier molecular flexibility index (Phi) is 13.5. The molecule has 11 heteroatoms. The highest BCUT2D eigenvalue weighted by Gasteiger charge is 2.37. The first kappa shape index (κ1) is 39.5. The molecule has 0 saturated carbocycles. The second kappa shape index (κ2) is 17.1. The van der Waals surface area contributed by atoms with E-state index in [1.165, 1.54) is 44.2 Å². The van der Waals surface area contributed by atoms with Crippen LogP contribution in [0.25, 0.3) is 0 Å². The van der Waals surface area contributed by atoms with Crippen molar-refractivity contribution in [2.45, 2.75) is 72.7 Å². The summed E-state index contributed by atoms with van der Waals surface area (Å²) in [6, 6.07) is 1.25. The Hall–Kier alpha value is -4.97. The van der Waals surface area contributed by atoms with Gasteiger partial charge < -0.3 is 31.5 Å². The zero-order chi connectivity index (χ0) is 37.4. The van der Waals surface area contributed by atoms with Crippen molar-refractivity contribution in [1.29, 1.82) is 0 Å². The Morgan fingerprint density at radius 3 is 2.10 bits per heavy atom. The lowest BCUT2D eigenvalue weighted by Gasteiger charge is -2.23. The Balaban J connectivity index is 2.05. The van der Waals surface area contributed by atoms with Crippen LogP contribution in [0.3, 0.4) is 0 Å². The Morgan fingerprint density at radius 2 is 1.42 bits per heavy atom. The number of hydrogen-bond donors (Lipinski definition) is 6. The maximum absolute atomic E-state index is 13.8. The van der Waals surface area contributed by atoms with Crippen molar-refractivity contribution in [3.63, 3.8) is 0 Å². The quantitative estimate of drug-likeness (QED) is 0.216. The number of benzene rings is 1. The number of aromatic hydroxyl groups is 1. The number of ketones is 4. The van der Waals surface area contributed by atoms with Gasteiger partial charge in [0.2, 0.25) is 17.5 Å². The predicted molar refractivity (Wildman–Crippen MR) is 189 cm³/mol. The number of aliphatic hydroxyl groups is 3. The summed E-state index contributed by atoms with van der Waals surface area (Å²) in [4.78, 5) is 66.2. The Morgan fingerprint density at radius 1 is 0.760 bits per heavy atom. The lowest BCUT2D eigenvalue weighted by molar-refractivity contribution is -0.118. The molecule has 4 rings (SSSR count). The van der Waals surface area contributed by atoms with E-state index in [0.717, 1.165) is 6.08 Å². The van der Waals surface area contributed by atoms with E-state index < -0.39 is 76.1 Å². The van der Waals surface area contributed by atoms with Crippen molar-refractivity contribution in [2.75, 3.05) is 0 Å². The fourth-order valence-corrected chi connectivity index (χ4v) is 5.57. The van der Waals surface area contributed by atoms with Crippen molar-refractivity contribution < 1.29 is 44.4 Å². The molecular formula is C39H46N2O9. The lowest BCUT2D eigenvalue weighted by atomic mass is 9.82. The van der Waals surface area contributed by atoms with Gasteiger partial charge in [-0.25, -0.2) is 0 Å². The molecule has 1 amide bonds. The van der Waals surface area contributed by atoms with Crippen molar-refractivity contribution in [1.82, 2.24) is 5.32 Å². The number of hydrogen-bond acceptors (Lipinski definition) is 10. The van der Waals surface area contributed by atoms with E-state index in [1.54, 1.807) is 58.1 Å². The minimum Gasteiger partial charge on any atom is -0.507 e. The molecule has 7 N–H and O–H groups in total. The maximum Gasteiger partial charge on any atom is 0.248 e. The SMILES string of the molecule is CC1=CCC(O)/C=C\C(C)C(O)C(C)C=C(C)C(=O)c2c(O)c(C)cc3c2C(=O)C(N)=C(NC(=O)\C=C/C=C\C=C/C(C)C(O)CC1=O)C3=O. The molecule has 0 radical (unpaired) electrons. The van der Waals surface area contributed by atoms with Crippen LogP contribution >= 0.6 is 0 Å². The number of phenolic OH excluding ortho intramolecular Hbond substituents is 1. The number of fused-ring (bicyclic) bond motifs is 18. The van der Waals surface area contributed by atoms with Crippen LogP contribution < -0.4 is 11.1 Å². The normalized spacial score (nSPS) is 29.3. The molecule has 1 aromatic carbocycles. The molecule has 0 aromatic heterocycles. The highest BCUT2D eigenvalue weighted by Crippen LogP contribution is 2.36. The van der Waals surface area contributed by atoms with Gasteiger partial charge in [-0.1, -0.05) is 75.5 Å². The van der Waals surface area contributed by atoms with Crippen molar-refractivity contribution in [2.24, 2.45) is 23.5 Å². The van der Waals surface area contributed by atoms with E-state index in [0.29, 0.717) is 5.57 Å². The maximum atomic E-state index is 13.8. The van der Waals surface area contributed by atoms with Crippen LogP contribution in [0.1, 0.15) is 84.1 Å². The molecule has 1 aromatic rings. The average molecular weight is 687 g/mol. The van der Waals surface area contributed by atoms with E-state index in [1.807, 2.05) is 0 Å². The van der Waals surface area contributed by atoms with E-state index in [9.17, 15) is 44.4 Å². The first-order valence-corrected chi connectivity index (χ1v) is 16.4. The van der Waals surface area contributed by atoms with Gasteiger partial charge in [0.05, 0.1) is 29.4 Å². The molecule has 0 saturated heterocycles. The molecule has 2 heterocycles. The van der Waals surface area contributed by atoms with Crippen molar-refractivity contribution >= 4 is 29.0 Å². The van der Waals surface area contributed by atoms with Crippen LogP contribution in [-0.4, -0.2) is 67.8 Å². The number of amides is 1. The van der Waals surface area contributed by atoms with E-state index >= 15 is 0 Å². The topological polar surface area (TPSA) is 204 Å². The summed E-state index contributed by atoms with van der Waals surface area (Å²) in [5.41, 5.74) is 4.59. The number of phenols is 1. The standard InChI is InChI=1S/C39H46N2O9/c1-20-11-9-7-8-10-12-30(45)41-34-33(40)39(50)31-27(38(34)49)18-25(6)37(48)32(31)36(47)24(5)17-23(4)35(46)22(3)14-16-26(42)15-13-21(2)29(44)19-28(20)43/h7-14,16-18,20,22-23,26,28,35,42-43,46,48H,15,19,40H2,1-6H3,(H,41,45)/b8-7-,11-9-,12-10-,16-14-,21-13?,24-17?. The molecule has 6 unspecified atom stereocenters. The summed E-state index contributed by atoms with van der Waals surface area (Å²) in [6.45, 7) is 9.67. The molecule has 2 aliphatic heterocycles. The number of aryl methyl sites for hydroxylation is 1. The van der Waals surface area contributed by atoms with E-state index in [2.05, 4.69) is 5.32 Å². The molecule has 1 aliphatic carbocycles. The first-order chi connectivity index (χ1) is 23.5. The van der Waals surface area contributed by atoms with E-state index in [-0.39, 0.29) is 46.8 Å². The van der Waals surface area contributed by atoms with Crippen LogP contribution in [0.4, 0.5) is 0 Å². The van der Waals surface area contributed by atoms with Gasteiger partial charge in [0.15, 0.2) is 11.6 Å². The Bertz CT molecular complexity index is 1770. The summed E-state index contributed by atoms with van der Waals surface area (Å²) in [7, 11) is 0. The number of carbonyl (C=O) groups is 5. The smallest absolute Gasteiger partial charge is 0.248 e. The average Bonchev–Trinajstić information content (AvgIpc) is 3.07. The third-order valence-electron chi connectivity index (χ3n) is 8.87. The molecule has 266 valence electrons. The summed E-state index contributed by atoms with van der Waals surface area (Å²) in [5, 5.41) is 45.4. The van der Waals surface area contributed by atoms with Gasteiger partial charge in [0.1, 0.15) is 17.1 Å². The third kappa shape index (κ3) is 9.38. The largest absolute Gasteiger partial charge is 0.507 e. The van der Waals surface area contributed by atoms with Crippen LogP contribution in [0, 0.1) is 24.7 Å². The predicted octanol–water partition coefficient (Wildman–Crippen LogP) is 4.02. The number of allylic oxidation sites excluding steroid dienone is 8. The third-order valence-corrected chi connectivity index (χ3v) is 8.87. The fourth-order valence-electron chi connectivity index (χ4n) is 5.57. The first-order valence-electron chi connectivity index (χ1n) is 16.4. The van der Waals surface area contributed by atoms with Crippen molar-refractivity contribution in [3.8, 4) is 5.75 Å². The summed E-state index contributed by atoms with van der Waals surface area (Å²) >= 11 is 0. The highest BCUT2D eigenvalue weighted by atomic mass is 16.3. The summed E-state index contributed by atoms with van der Waals surface area (Å²) in [6.07, 6.45) is 12.2. The van der Waals surface area contributed by atoms with Crippen LogP contribution in [0.15, 0.2) is 89.4 Å². The summed E-state index contributed by atoms with van der Waals surface area (Å²) in [5.74, 6) is -5.49. The Labute approximate surface area is 292 Å². The van der Waals surface area contributed by atoms with Gasteiger partial charge in [-0.2, -0.15) is 0 Å². The number of aliphatic hydroxyl groups excluding tert-OH is 3. The summed E-state index contributed by atoms with van der Waals surface area (Å²) < 4.78 is 0. The zero-order valence-electron chi connectivity index (χ0n) is 29.1. The van der Waals surface area contributed by atoms with Crippen molar-refractivity contribution in [3.05, 3.63) is 112 Å². The second-order valence-electron chi connectivity index (χ2n) is 12.9. The van der Waals surface area contributed by atoms with Gasteiger partial charge in [0.25, 0.3) is 0 Å². The lowest BCUT2D eigenvalue weighted by Crippen LogP contribution is -2.37. The number of carbonyl (C=O) groups excluding carboxylic acids is 5. The number of nitrogens with one attached hydrogen (secondary N) is 1. The van der Waals surface area contributed by atoms with Gasteiger partial charge in [-0.3, -0.25) is 24.0 Å². The van der Waals surface area contributed by atoms with Crippen LogP contribution in [0.5, 0.6) is 5.75 Å². The minimum absolute atomic E-state index is 0.0829. The monoisotopic (exact) mass is 686 g/mol. The fraction of sp³-hybridized carbons (Fsp3) is 0.359. The molecular weight excluding hydrogens is 640 g/mol. The van der Waals surface area contributed by atoms with Gasteiger partial charge in [0, 0.05) is 35.8 Å². The molecule has 50 heavy (non-hydrogen) atoms. The molecule has 4 bridgehead atoms. The molecule has 0 fully saturated rings. The zero-order valence-corrected chi connectivity index (χ0v) is 29.1. The van der Waals surface area contributed by atoms with E-state index in [4.69, 9.17) is 5.73 Å². The molecule has 0 spiro atoms. The van der Waals surface area contributed by atoms with Crippen LogP contribution in [0.2, 0.25) is 0 Å². The number of nitrogens with two attached hydrogens (primary N) is 1. The molecule has 3 aliphatic rings. The highest BCUT2D eigenvalue weighted by molar-refractivity contribution is 6.31. The molecule has 11 nitrogen and oxygen atoms in total. The minimum atomic E-state index is -1.01. The van der Waals surface area contributed by atoms with Gasteiger partial charge in [-0.15, -0.1) is 0 Å². The second-order valence-corrected chi connectivity index (χ2v) is 12.9. The number of Topliss-reactive ketones (excluding diaryl/α,β-unsaturated/α-hetero) is 4.